The monoisotopic (exact) mass is 291 g/mol. The lowest BCUT2D eigenvalue weighted by molar-refractivity contribution is -0.131. The maximum Gasteiger partial charge on any atom is 0.242 e. The van der Waals surface area contributed by atoms with Crippen LogP contribution in [0, 0.1) is 5.92 Å². The van der Waals surface area contributed by atoms with Crippen LogP contribution in [0.1, 0.15) is 40.0 Å². The number of hydrogen-bond acceptors (Lipinski definition) is 3. The quantitative estimate of drug-likeness (QED) is 0.703. The lowest BCUT2D eigenvalue weighted by Gasteiger charge is -2.24. The van der Waals surface area contributed by atoms with E-state index in [0.717, 1.165) is 25.8 Å². The van der Waals surface area contributed by atoms with E-state index >= 15 is 0 Å². The van der Waals surface area contributed by atoms with E-state index in [1.54, 1.807) is 6.92 Å². The summed E-state index contributed by atoms with van der Waals surface area (Å²) in [5, 5.41) is 8.85. The van der Waals surface area contributed by atoms with Crippen molar-refractivity contribution in [3.8, 4) is 0 Å². The van der Waals surface area contributed by atoms with E-state index in [2.05, 4.69) is 16.0 Å². The summed E-state index contributed by atoms with van der Waals surface area (Å²) in [6.07, 6.45) is 2.81. The fourth-order valence-electron chi connectivity index (χ4n) is 1.94. The van der Waals surface area contributed by atoms with Crippen molar-refractivity contribution >= 4 is 24.2 Å². The van der Waals surface area contributed by atoms with E-state index in [4.69, 9.17) is 0 Å². The summed E-state index contributed by atoms with van der Waals surface area (Å²) in [6, 6.07) is -0.318. The second kappa shape index (κ2) is 9.15. The molecule has 5 nitrogen and oxygen atoms in total. The first-order chi connectivity index (χ1) is 8.54. The van der Waals surface area contributed by atoms with Crippen molar-refractivity contribution in [2.45, 2.75) is 52.1 Å². The minimum Gasteiger partial charge on any atom is -0.352 e. The van der Waals surface area contributed by atoms with E-state index in [1.807, 2.05) is 13.8 Å². The van der Waals surface area contributed by atoms with E-state index in [0.29, 0.717) is 6.54 Å². The molecule has 1 aliphatic heterocycles. The van der Waals surface area contributed by atoms with Gasteiger partial charge in [-0.25, -0.2) is 0 Å². The molecule has 2 amide bonds. The van der Waals surface area contributed by atoms with Crippen molar-refractivity contribution in [2.75, 3.05) is 13.1 Å². The highest BCUT2D eigenvalue weighted by Gasteiger charge is 2.24. The van der Waals surface area contributed by atoms with Crippen LogP contribution in [0.4, 0.5) is 0 Å². The SMILES string of the molecule is CCC(C)NC(=O)C(C)NC(=O)C1CCCNC1.Cl. The van der Waals surface area contributed by atoms with Crippen LogP contribution in [0.5, 0.6) is 0 Å². The minimum absolute atomic E-state index is 0. The number of rotatable bonds is 5. The predicted octanol–water partition coefficient (Wildman–Crippen LogP) is 0.827. The van der Waals surface area contributed by atoms with Crippen LogP contribution in [-0.2, 0) is 9.59 Å². The standard InChI is InChI=1S/C13H25N3O2.ClH/c1-4-9(2)15-12(17)10(3)16-13(18)11-6-5-7-14-8-11;/h9-11,14H,4-8H2,1-3H3,(H,15,17)(H,16,18);1H. The fourth-order valence-corrected chi connectivity index (χ4v) is 1.94. The van der Waals surface area contributed by atoms with Crippen molar-refractivity contribution in [3.63, 3.8) is 0 Å². The van der Waals surface area contributed by atoms with E-state index in [-0.39, 0.29) is 36.2 Å². The number of nitrogens with one attached hydrogen (secondary N) is 3. The van der Waals surface area contributed by atoms with Gasteiger partial charge in [0.2, 0.25) is 11.8 Å². The van der Waals surface area contributed by atoms with Crippen LogP contribution in [0.3, 0.4) is 0 Å². The summed E-state index contributed by atoms with van der Waals surface area (Å²) in [7, 11) is 0. The van der Waals surface area contributed by atoms with Gasteiger partial charge in [-0.1, -0.05) is 6.92 Å². The van der Waals surface area contributed by atoms with Crippen LogP contribution < -0.4 is 16.0 Å². The molecule has 0 saturated carbocycles. The van der Waals surface area contributed by atoms with Crippen molar-refractivity contribution in [2.24, 2.45) is 5.92 Å². The Morgan fingerprint density at radius 3 is 2.53 bits per heavy atom. The lowest BCUT2D eigenvalue weighted by Crippen LogP contribution is -2.50. The third-order valence-corrected chi connectivity index (χ3v) is 3.42. The van der Waals surface area contributed by atoms with E-state index < -0.39 is 6.04 Å². The van der Waals surface area contributed by atoms with Gasteiger partial charge in [-0.15, -0.1) is 12.4 Å². The lowest BCUT2D eigenvalue weighted by atomic mass is 9.98. The molecule has 1 heterocycles. The first-order valence-corrected chi connectivity index (χ1v) is 6.86. The van der Waals surface area contributed by atoms with Crippen molar-refractivity contribution in [1.82, 2.24) is 16.0 Å². The summed E-state index contributed by atoms with van der Waals surface area (Å²) in [5.41, 5.74) is 0. The van der Waals surface area contributed by atoms with Crippen molar-refractivity contribution < 1.29 is 9.59 Å². The molecule has 112 valence electrons. The van der Waals surface area contributed by atoms with Gasteiger partial charge in [-0.3, -0.25) is 9.59 Å². The summed E-state index contributed by atoms with van der Waals surface area (Å²) in [4.78, 5) is 23.7. The topological polar surface area (TPSA) is 70.2 Å². The smallest absolute Gasteiger partial charge is 0.242 e. The Hall–Kier alpha value is -0.810. The largest absolute Gasteiger partial charge is 0.352 e. The molecule has 0 bridgehead atoms. The molecule has 1 aliphatic rings. The summed E-state index contributed by atoms with van der Waals surface area (Å²) in [5.74, 6) is -0.131. The normalized spacial score (nSPS) is 21.7. The van der Waals surface area contributed by atoms with Gasteiger partial charge in [-0.05, 0) is 39.7 Å². The van der Waals surface area contributed by atoms with Gasteiger partial charge < -0.3 is 16.0 Å². The molecule has 0 aromatic rings. The minimum atomic E-state index is -0.464. The Balaban J connectivity index is 0.00000324. The van der Waals surface area contributed by atoms with Gasteiger partial charge in [0.15, 0.2) is 0 Å². The highest BCUT2D eigenvalue weighted by atomic mass is 35.5. The van der Waals surface area contributed by atoms with Crippen LogP contribution in [0.25, 0.3) is 0 Å². The van der Waals surface area contributed by atoms with Crippen LogP contribution in [0.15, 0.2) is 0 Å². The molecule has 0 radical (unpaired) electrons. The molecule has 1 rings (SSSR count). The fraction of sp³-hybridized carbons (Fsp3) is 0.846. The Bertz CT molecular complexity index is 294. The molecule has 0 spiro atoms. The molecular weight excluding hydrogens is 266 g/mol. The second-order valence-corrected chi connectivity index (χ2v) is 5.09. The number of amides is 2. The Morgan fingerprint density at radius 1 is 1.32 bits per heavy atom. The molecule has 0 aromatic heterocycles. The highest BCUT2D eigenvalue weighted by Crippen LogP contribution is 2.09. The molecule has 1 fully saturated rings. The van der Waals surface area contributed by atoms with Gasteiger partial charge in [0.1, 0.15) is 6.04 Å². The number of halogens is 1. The van der Waals surface area contributed by atoms with Crippen LogP contribution >= 0.6 is 12.4 Å². The van der Waals surface area contributed by atoms with Crippen LogP contribution in [-0.4, -0.2) is 37.0 Å². The maximum absolute atomic E-state index is 11.9. The first kappa shape index (κ1) is 18.2. The van der Waals surface area contributed by atoms with Crippen molar-refractivity contribution in [3.05, 3.63) is 0 Å². The molecule has 1 saturated heterocycles. The third-order valence-electron chi connectivity index (χ3n) is 3.42. The molecule has 6 heteroatoms. The molecule has 0 aromatic carbocycles. The second-order valence-electron chi connectivity index (χ2n) is 5.09. The van der Waals surface area contributed by atoms with Gasteiger partial charge in [0.25, 0.3) is 0 Å². The molecule has 0 aliphatic carbocycles. The van der Waals surface area contributed by atoms with E-state index in [1.165, 1.54) is 0 Å². The third kappa shape index (κ3) is 6.25. The van der Waals surface area contributed by atoms with Gasteiger partial charge >= 0.3 is 0 Å². The van der Waals surface area contributed by atoms with E-state index in [9.17, 15) is 9.59 Å². The number of hydrogen-bond donors (Lipinski definition) is 3. The zero-order chi connectivity index (χ0) is 13.5. The number of carbonyl (C=O) groups excluding carboxylic acids is 2. The molecular formula is C13H26ClN3O2. The predicted molar refractivity (Wildman–Crippen MR) is 78.3 cm³/mol. The number of carbonyl (C=O) groups is 2. The Labute approximate surface area is 121 Å². The molecule has 3 N–H and O–H groups in total. The molecule has 3 unspecified atom stereocenters. The zero-order valence-corrected chi connectivity index (χ0v) is 12.8. The van der Waals surface area contributed by atoms with Gasteiger partial charge in [0.05, 0.1) is 5.92 Å². The molecule has 3 atom stereocenters. The molecule has 19 heavy (non-hydrogen) atoms. The van der Waals surface area contributed by atoms with Crippen molar-refractivity contribution in [1.29, 1.82) is 0 Å². The summed E-state index contributed by atoms with van der Waals surface area (Å²) in [6.45, 7) is 7.39. The average molecular weight is 292 g/mol. The van der Waals surface area contributed by atoms with Gasteiger partial charge in [0, 0.05) is 12.6 Å². The Kier molecular flexibility index (Phi) is 8.76. The maximum atomic E-state index is 11.9. The first-order valence-electron chi connectivity index (χ1n) is 6.86. The summed E-state index contributed by atoms with van der Waals surface area (Å²) < 4.78 is 0. The van der Waals surface area contributed by atoms with Gasteiger partial charge in [-0.2, -0.15) is 0 Å². The Morgan fingerprint density at radius 2 is 2.00 bits per heavy atom. The zero-order valence-electron chi connectivity index (χ0n) is 12.0. The highest BCUT2D eigenvalue weighted by molar-refractivity contribution is 5.88. The number of piperidine rings is 1. The average Bonchev–Trinajstić information content (AvgIpc) is 2.39. The van der Waals surface area contributed by atoms with Crippen LogP contribution in [0.2, 0.25) is 0 Å². The summed E-state index contributed by atoms with van der Waals surface area (Å²) >= 11 is 0.